The second kappa shape index (κ2) is 7.82. The van der Waals surface area contributed by atoms with E-state index in [1.165, 1.54) is 12.1 Å². The summed E-state index contributed by atoms with van der Waals surface area (Å²) in [4.78, 5) is 30.4. The number of ether oxygens (including phenoxy) is 1. The normalized spacial score (nSPS) is 21.1. The number of hydrogen-bond acceptors (Lipinski definition) is 4. The molecule has 0 bridgehead atoms. The van der Waals surface area contributed by atoms with Crippen LogP contribution < -0.4 is 4.90 Å². The first-order valence-corrected chi connectivity index (χ1v) is 8.64. The van der Waals surface area contributed by atoms with Gasteiger partial charge in [-0.05, 0) is 24.3 Å². The molecule has 1 atom stereocenters. The quantitative estimate of drug-likeness (QED) is 0.795. The lowest BCUT2D eigenvalue weighted by atomic mass is 10.1. The average molecular weight is 349 g/mol. The average Bonchev–Trinajstić information content (AvgIpc) is 3.01. The summed E-state index contributed by atoms with van der Waals surface area (Å²) < 4.78 is 18.0. The topological polar surface area (TPSA) is 53.1 Å². The van der Waals surface area contributed by atoms with Gasteiger partial charge < -0.3 is 19.4 Å². The summed E-state index contributed by atoms with van der Waals surface area (Å²) in [5.74, 6) is -0.407. The van der Waals surface area contributed by atoms with Crippen LogP contribution in [0.1, 0.15) is 6.42 Å². The van der Waals surface area contributed by atoms with Crippen molar-refractivity contribution < 1.29 is 18.7 Å². The van der Waals surface area contributed by atoms with E-state index in [1.54, 1.807) is 24.1 Å². The van der Waals surface area contributed by atoms with Crippen molar-refractivity contribution >= 4 is 17.5 Å². The van der Waals surface area contributed by atoms with Gasteiger partial charge in [-0.3, -0.25) is 9.59 Å². The predicted molar refractivity (Wildman–Crippen MR) is 91.8 cm³/mol. The molecule has 0 saturated carbocycles. The Bertz CT molecular complexity index is 614. The van der Waals surface area contributed by atoms with Crippen molar-refractivity contribution in [3.63, 3.8) is 0 Å². The highest BCUT2D eigenvalue weighted by atomic mass is 19.1. The summed E-state index contributed by atoms with van der Waals surface area (Å²) >= 11 is 0. The number of hydrogen-bond donors (Lipinski definition) is 0. The Kier molecular flexibility index (Phi) is 5.53. The van der Waals surface area contributed by atoms with Gasteiger partial charge in [-0.1, -0.05) is 0 Å². The number of piperazine rings is 1. The number of anilines is 1. The van der Waals surface area contributed by atoms with Crippen molar-refractivity contribution in [2.75, 3.05) is 57.9 Å². The SMILES string of the molecule is COCCN1C[C@@H](C(=O)N2CCN(c3ccc(F)cc3)CC2)CC1=O. The van der Waals surface area contributed by atoms with E-state index in [2.05, 4.69) is 4.90 Å². The number of nitrogens with zero attached hydrogens (tertiary/aromatic N) is 3. The molecule has 2 amide bonds. The van der Waals surface area contributed by atoms with Crippen LogP contribution in [-0.4, -0.2) is 74.6 Å². The van der Waals surface area contributed by atoms with Crippen LogP contribution in [0.25, 0.3) is 0 Å². The third kappa shape index (κ3) is 4.10. The molecular formula is C18H24FN3O3. The number of benzene rings is 1. The molecule has 136 valence electrons. The van der Waals surface area contributed by atoms with E-state index in [0.29, 0.717) is 52.3 Å². The van der Waals surface area contributed by atoms with Gasteiger partial charge >= 0.3 is 0 Å². The number of halogens is 1. The lowest BCUT2D eigenvalue weighted by molar-refractivity contribution is -0.136. The summed E-state index contributed by atoms with van der Waals surface area (Å²) in [6, 6.07) is 6.42. The maximum atomic E-state index is 13.0. The summed E-state index contributed by atoms with van der Waals surface area (Å²) in [5, 5.41) is 0. The molecule has 2 saturated heterocycles. The molecule has 0 spiro atoms. The Labute approximate surface area is 147 Å². The van der Waals surface area contributed by atoms with Crippen LogP contribution in [0.4, 0.5) is 10.1 Å². The van der Waals surface area contributed by atoms with Gasteiger partial charge in [0, 0.05) is 58.5 Å². The first-order chi connectivity index (χ1) is 12.1. The molecule has 0 aliphatic carbocycles. The monoisotopic (exact) mass is 349 g/mol. The van der Waals surface area contributed by atoms with Crippen molar-refractivity contribution in [2.24, 2.45) is 5.92 Å². The van der Waals surface area contributed by atoms with Crippen molar-refractivity contribution in [2.45, 2.75) is 6.42 Å². The maximum Gasteiger partial charge on any atom is 0.228 e. The molecule has 2 heterocycles. The van der Waals surface area contributed by atoms with Crippen LogP contribution in [0.5, 0.6) is 0 Å². The molecule has 0 N–H and O–H groups in total. The lowest BCUT2D eigenvalue weighted by Gasteiger charge is -2.37. The van der Waals surface area contributed by atoms with Gasteiger partial charge in [0.2, 0.25) is 11.8 Å². The molecule has 0 aromatic heterocycles. The van der Waals surface area contributed by atoms with Gasteiger partial charge in [0.1, 0.15) is 5.82 Å². The summed E-state index contributed by atoms with van der Waals surface area (Å²) in [6.45, 7) is 4.19. The van der Waals surface area contributed by atoms with E-state index in [9.17, 15) is 14.0 Å². The minimum Gasteiger partial charge on any atom is -0.383 e. The van der Waals surface area contributed by atoms with Crippen LogP contribution in [-0.2, 0) is 14.3 Å². The Balaban J connectivity index is 1.52. The lowest BCUT2D eigenvalue weighted by Crippen LogP contribution is -2.50. The third-order valence-electron chi connectivity index (χ3n) is 4.91. The molecule has 2 aliphatic heterocycles. The minimum absolute atomic E-state index is 0.0281. The maximum absolute atomic E-state index is 13.0. The van der Waals surface area contributed by atoms with Crippen LogP contribution in [0.15, 0.2) is 24.3 Å². The van der Waals surface area contributed by atoms with Crippen LogP contribution in [0, 0.1) is 11.7 Å². The smallest absolute Gasteiger partial charge is 0.228 e. The largest absolute Gasteiger partial charge is 0.383 e. The third-order valence-corrected chi connectivity index (χ3v) is 4.91. The van der Waals surface area contributed by atoms with Crippen molar-refractivity contribution in [1.82, 2.24) is 9.80 Å². The zero-order valence-corrected chi connectivity index (χ0v) is 14.5. The number of carbonyl (C=O) groups is 2. The van der Waals surface area contributed by atoms with Gasteiger partial charge in [-0.2, -0.15) is 0 Å². The van der Waals surface area contributed by atoms with E-state index in [-0.39, 0.29) is 23.5 Å². The molecule has 1 aromatic rings. The zero-order chi connectivity index (χ0) is 17.8. The summed E-state index contributed by atoms with van der Waals surface area (Å²) in [5.41, 5.74) is 0.968. The first-order valence-electron chi connectivity index (χ1n) is 8.64. The minimum atomic E-state index is -0.249. The highest BCUT2D eigenvalue weighted by Gasteiger charge is 2.37. The van der Waals surface area contributed by atoms with Gasteiger partial charge in [0.15, 0.2) is 0 Å². The Morgan fingerprint density at radius 2 is 1.88 bits per heavy atom. The van der Waals surface area contributed by atoms with Gasteiger partial charge in [-0.15, -0.1) is 0 Å². The fourth-order valence-corrected chi connectivity index (χ4v) is 3.45. The van der Waals surface area contributed by atoms with E-state index >= 15 is 0 Å². The highest BCUT2D eigenvalue weighted by Crippen LogP contribution is 2.22. The molecule has 0 radical (unpaired) electrons. The fourth-order valence-electron chi connectivity index (χ4n) is 3.45. The van der Waals surface area contributed by atoms with E-state index < -0.39 is 0 Å². The predicted octanol–water partition coefficient (Wildman–Crippen LogP) is 0.969. The standard InChI is InChI=1S/C18H24FN3O3/c1-25-11-10-22-13-14(12-17(22)23)18(24)21-8-6-20(7-9-21)16-4-2-15(19)3-5-16/h2-5,14H,6-13H2,1H3/t14-/m0/s1. The molecule has 25 heavy (non-hydrogen) atoms. The van der Waals surface area contributed by atoms with E-state index in [0.717, 1.165) is 5.69 Å². The van der Waals surface area contributed by atoms with Gasteiger partial charge in [0.25, 0.3) is 0 Å². The second-order valence-electron chi connectivity index (χ2n) is 6.52. The summed E-state index contributed by atoms with van der Waals surface area (Å²) in [7, 11) is 1.60. The number of amides is 2. The fraction of sp³-hybridized carbons (Fsp3) is 0.556. The van der Waals surface area contributed by atoms with Gasteiger partial charge in [-0.25, -0.2) is 4.39 Å². The number of likely N-dealkylation sites (tertiary alicyclic amines) is 1. The second-order valence-corrected chi connectivity index (χ2v) is 6.52. The molecule has 2 fully saturated rings. The molecular weight excluding hydrogens is 325 g/mol. The molecule has 6 nitrogen and oxygen atoms in total. The molecule has 7 heteroatoms. The number of carbonyl (C=O) groups excluding carboxylic acids is 2. The first kappa shape index (κ1) is 17.7. The van der Waals surface area contributed by atoms with Crippen molar-refractivity contribution in [3.05, 3.63) is 30.1 Å². The van der Waals surface area contributed by atoms with Crippen LogP contribution in [0.2, 0.25) is 0 Å². The van der Waals surface area contributed by atoms with E-state index in [4.69, 9.17) is 4.74 Å². The zero-order valence-electron chi connectivity index (χ0n) is 14.5. The van der Waals surface area contributed by atoms with Crippen molar-refractivity contribution in [1.29, 1.82) is 0 Å². The molecule has 1 aromatic carbocycles. The Morgan fingerprint density at radius 3 is 2.52 bits per heavy atom. The molecule has 3 rings (SSSR count). The highest BCUT2D eigenvalue weighted by molar-refractivity contribution is 5.89. The number of rotatable bonds is 5. The van der Waals surface area contributed by atoms with Gasteiger partial charge in [0.05, 0.1) is 12.5 Å². The Morgan fingerprint density at radius 1 is 1.20 bits per heavy atom. The Hall–Kier alpha value is -2.15. The molecule has 2 aliphatic rings. The van der Waals surface area contributed by atoms with Crippen LogP contribution in [0.3, 0.4) is 0 Å². The summed E-state index contributed by atoms with van der Waals surface area (Å²) in [6.07, 6.45) is 0.292. The molecule has 0 unspecified atom stereocenters. The van der Waals surface area contributed by atoms with Crippen molar-refractivity contribution in [3.8, 4) is 0 Å². The number of methoxy groups -OCH3 is 1. The van der Waals surface area contributed by atoms with E-state index in [1.807, 2.05) is 4.90 Å². The van der Waals surface area contributed by atoms with Crippen LogP contribution >= 0.6 is 0 Å².